The van der Waals surface area contributed by atoms with Gasteiger partial charge in [-0.15, -0.1) is 11.8 Å². The van der Waals surface area contributed by atoms with Crippen LogP contribution in [-0.4, -0.2) is 63.2 Å². The van der Waals surface area contributed by atoms with Gasteiger partial charge in [-0.25, -0.2) is 9.59 Å². The first-order valence-corrected chi connectivity index (χ1v) is 15.2. The molecule has 0 radical (unpaired) electrons. The number of likely N-dealkylation sites (tertiary alicyclic amines) is 1. The number of imide groups is 1. The fourth-order valence-electron chi connectivity index (χ4n) is 7.52. The summed E-state index contributed by atoms with van der Waals surface area (Å²) in [6.07, 6.45) is 0.705. The van der Waals surface area contributed by atoms with Crippen LogP contribution >= 0.6 is 23.1 Å². The summed E-state index contributed by atoms with van der Waals surface area (Å²) in [5.41, 5.74) is 0.900. The van der Waals surface area contributed by atoms with E-state index in [0.29, 0.717) is 12.2 Å². The summed E-state index contributed by atoms with van der Waals surface area (Å²) in [7, 11) is 0. The number of thiazole rings is 1. The van der Waals surface area contributed by atoms with Crippen molar-refractivity contribution in [2.45, 2.75) is 49.4 Å². The lowest BCUT2D eigenvalue weighted by Gasteiger charge is -2.43. The quantitative estimate of drug-likeness (QED) is 0.353. The minimum absolute atomic E-state index is 0.0165. The second-order valence-corrected chi connectivity index (χ2v) is 13.4. The Hall–Kier alpha value is -3.12. The number of hydrogen-bond acceptors (Lipinski definition) is 9. The van der Waals surface area contributed by atoms with E-state index in [2.05, 4.69) is 4.98 Å². The molecule has 2 saturated carbocycles. The maximum Gasteiger partial charge on any atom is 0.344 e. The topological polar surface area (TPSA) is 143 Å². The lowest BCUT2D eigenvalue weighted by Crippen LogP contribution is -2.49. The number of ether oxygens (including phenoxy) is 2. The van der Waals surface area contributed by atoms with Gasteiger partial charge in [-0.1, -0.05) is 37.3 Å². The van der Waals surface area contributed by atoms with Gasteiger partial charge in [0.15, 0.2) is 6.61 Å². The van der Waals surface area contributed by atoms with E-state index in [4.69, 9.17) is 9.47 Å². The maximum atomic E-state index is 13.8. The molecule has 2 aliphatic carbocycles. The molecule has 2 aromatic rings. The molecule has 2 bridgehead atoms. The Kier molecular flexibility index (Phi) is 6.81. The Bertz CT molecular complexity index is 1450. The van der Waals surface area contributed by atoms with E-state index >= 15 is 0 Å². The Morgan fingerprint density at radius 1 is 1.15 bits per heavy atom. The molecule has 2 aliphatic heterocycles. The number of carboxylic acids is 1. The van der Waals surface area contributed by atoms with Crippen LogP contribution in [0.2, 0.25) is 0 Å². The van der Waals surface area contributed by atoms with Crippen molar-refractivity contribution < 1.29 is 33.8 Å². The molecule has 1 aromatic heterocycles. The van der Waals surface area contributed by atoms with Crippen LogP contribution in [0.4, 0.5) is 0 Å². The summed E-state index contributed by atoms with van der Waals surface area (Å²) in [5, 5.41) is 10.6. The molecule has 2 amide bonds. The van der Waals surface area contributed by atoms with Gasteiger partial charge in [-0.2, -0.15) is 0 Å². The predicted molar refractivity (Wildman–Crippen MR) is 145 cm³/mol. The number of nitrogens with zero attached hydrogens (tertiary/aromatic N) is 1. The molecule has 0 spiro atoms. The van der Waals surface area contributed by atoms with Gasteiger partial charge in [0.25, 0.3) is 0 Å². The smallest absolute Gasteiger partial charge is 0.344 e. The number of carbonyl (C=O) groups is 4. The van der Waals surface area contributed by atoms with Gasteiger partial charge in [0, 0.05) is 16.0 Å². The number of carboxylic acid groups (broad SMARTS) is 1. The van der Waals surface area contributed by atoms with Crippen LogP contribution in [0.25, 0.3) is 0 Å². The van der Waals surface area contributed by atoms with E-state index in [1.165, 1.54) is 0 Å². The van der Waals surface area contributed by atoms with Gasteiger partial charge in [0.1, 0.15) is 11.8 Å². The molecule has 12 heteroatoms. The number of carbonyl (C=O) groups excluding carboxylic acids is 3. The highest BCUT2D eigenvalue weighted by atomic mass is 32.2. The predicted octanol–water partition coefficient (Wildman–Crippen LogP) is 2.96. The molecule has 40 heavy (non-hydrogen) atoms. The van der Waals surface area contributed by atoms with Crippen LogP contribution in [0.5, 0.6) is 5.75 Å². The first-order chi connectivity index (χ1) is 19.1. The molecule has 1 saturated heterocycles. The Balaban J connectivity index is 1.37. The lowest BCUT2D eigenvalue weighted by atomic mass is 9.68. The molecule has 2 N–H and O–H groups in total. The van der Waals surface area contributed by atoms with E-state index in [9.17, 15) is 29.1 Å². The Labute approximate surface area is 238 Å². The number of aromatic amines is 1. The number of amides is 2. The van der Waals surface area contributed by atoms with Gasteiger partial charge in [-0.05, 0) is 54.7 Å². The highest BCUT2D eigenvalue weighted by molar-refractivity contribution is 8.00. The van der Waals surface area contributed by atoms with Crippen molar-refractivity contribution in [1.82, 2.24) is 9.88 Å². The van der Waals surface area contributed by atoms with E-state index in [-0.39, 0.29) is 58.8 Å². The van der Waals surface area contributed by atoms with E-state index in [1.54, 1.807) is 38.6 Å². The Morgan fingerprint density at radius 3 is 2.55 bits per heavy atom. The van der Waals surface area contributed by atoms with Gasteiger partial charge in [0.2, 0.25) is 11.8 Å². The van der Waals surface area contributed by atoms with Crippen molar-refractivity contribution in [3.63, 3.8) is 0 Å². The number of aromatic nitrogens is 1. The summed E-state index contributed by atoms with van der Waals surface area (Å²) in [5.74, 6) is -3.92. The molecule has 8 atom stereocenters. The zero-order valence-corrected chi connectivity index (χ0v) is 23.8. The minimum atomic E-state index is -1.19. The molecule has 212 valence electrons. The van der Waals surface area contributed by atoms with Crippen molar-refractivity contribution in [2.75, 3.05) is 13.2 Å². The standard InChI is InChI=1S/C28H30N2O8S2/c1-4-37-16(31)10-38-13-7-5-6-12(8-13)17-18-14-9-15(22(18)39-24-23(17)40-28(36)29-24)20-19(14)25(32)30(26(20)33)21(11(2)3)27(34)35/h5-8,11,14-15,17-22H,4,9-10H2,1-3H3,(H,29,36)(H,34,35)/t14?,15?,17-,18?,19?,20?,21?,22?/m1/s1. The van der Waals surface area contributed by atoms with Crippen molar-refractivity contribution in [1.29, 1.82) is 0 Å². The van der Waals surface area contributed by atoms with E-state index in [0.717, 1.165) is 31.7 Å². The molecule has 10 nitrogen and oxygen atoms in total. The summed E-state index contributed by atoms with van der Waals surface area (Å²) in [4.78, 5) is 68.6. The molecule has 6 rings (SSSR count). The minimum Gasteiger partial charge on any atom is -0.482 e. The average molecular weight is 587 g/mol. The fourth-order valence-corrected chi connectivity index (χ4v) is 10.4. The third-order valence-electron chi connectivity index (χ3n) is 8.80. The number of aliphatic carboxylic acids is 1. The second kappa shape index (κ2) is 10.1. The number of rotatable bonds is 8. The summed E-state index contributed by atoms with van der Waals surface area (Å²) < 4.78 is 10.7. The zero-order valence-electron chi connectivity index (χ0n) is 22.2. The van der Waals surface area contributed by atoms with Gasteiger partial charge in [0.05, 0.1) is 23.5 Å². The zero-order chi connectivity index (χ0) is 28.5. The van der Waals surface area contributed by atoms with Crippen LogP contribution in [0, 0.1) is 35.5 Å². The molecule has 7 unspecified atom stereocenters. The number of H-pyrrole nitrogens is 1. The van der Waals surface area contributed by atoms with Crippen LogP contribution in [0.1, 0.15) is 43.6 Å². The first kappa shape index (κ1) is 27.1. The third-order valence-corrected chi connectivity index (χ3v) is 11.4. The van der Waals surface area contributed by atoms with Gasteiger partial charge < -0.3 is 19.6 Å². The van der Waals surface area contributed by atoms with Crippen LogP contribution in [-0.2, 0) is 23.9 Å². The highest BCUT2D eigenvalue weighted by Gasteiger charge is 2.70. The lowest BCUT2D eigenvalue weighted by molar-refractivity contribution is -0.157. The normalized spacial score (nSPS) is 30.7. The fraction of sp³-hybridized carbons (Fsp3) is 0.536. The number of benzene rings is 1. The van der Waals surface area contributed by atoms with Crippen LogP contribution in [0.15, 0.2) is 34.1 Å². The van der Waals surface area contributed by atoms with Gasteiger partial charge >= 0.3 is 16.8 Å². The molecular formula is C28H30N2O8S2. The van der Waals surface area contributed by atoms with Crippen molar-refractivity contribution in [3.8, 4) is 5.75 Å². The average Bonchev–Trinajstić information content (AvgIpc) is 3.63. The van der Waals surface area contributed by atoms with E-state index in [1.807, 2.05) is 18.2 Å². The van der Waals surface area contributed by atoms with Crippen molar-refractivity contribution in [2.24, 2.45) is 35.5 Å². The SMILES string of the molecule is CCOC(=O)COc1cccc([C@H]2c3sc(=O)[nH]c3SC3C4CC(C5C(=O)N(C(C(=O)O)C(C)C)C(=O)C45)C32)c1. The number of esters is 1. The third kappa shape index (κ3) is 4.09. The molecule has 4 aliphatic rings. The molecular weight excluding hydrogens is 556 g/mol. The van der Waals surface area contributed by atoms with Crippen LogP contribution < -0.4 is 9.61 Å². The number of nitrogens with one attached hydrogen (secondary N) is 1. The first-order valence-electron chi connectivity index (χ1n) is 13.5. The Morgan fingerprint density at radius 2 is 1.88 bits per heavy atom. The maximum absolute atomic E-state index is 13.8. The summed E-state index contributed by atoms with van der Waals surface area (Å²) in [6, 6.07) is 6.22. The van der Waals surface area contributed by atoms with Crippen LogP contribution in [0.3, 0.4) is 0 Å². The number of hydrogen-bond donors (Lipinski definition) is 2. The number of fused-ring (bicyclic) bond motifs is 9. The second-order valence-electron chi connectivity index (χ2n) is 11.2. The van der Waals surface area contributed by atoms with Crippen molar-refractivity contribution in [3.05, 3.63) is 44.4 Å². The summed E-state index contributed by atoms with van der Waals surface area (Å²) in [6.45, 7) is 5.17. The van der Waals surface area contributed by atoms with Crippen molar-refractivity contribution >= 4 is 46.9 Å². The molecule has 3 fully saturated rings. The van der Waals surface area contributed by atoms with Gasteiger partial charge in [-0.3, -0.25) is 19.3 Å². The molecule has 3 heterocycles. The van der Waals surface area contributed by atoms with E-state index < -0.39 is 35.7 Å². The monoisotopic (exact) mass is 586 g/mol. The molecule has 1 aromatic carbocycles. The highest BCUT2D eigenvalue weighted by Crippen LogP contribution is 2.68. The summed E-state index contributed by atoms with van der Waals surface area (Å²) >= 11 is 2.73. The number of thioether (sulfide) groups is 1. The largest absolute Gasteiger partial charge is 0.482 e.